The average molecular weight is 444 g/mol. The van der Waals surface area contributed by atoms with E-state index in [1.807, 2.05) is 18.2 Å². The normalized spacial score (nSPS) is 10.6. The summed E-state index contributed by atoms with van der Waals surface area (Å²) >= 11 is 25.2. The Hall–Kier alpha value is 0.0700. The molecular formula is C13H8Br2Cl3N. The molecule has 0 aliphatic rings. The van der Waals surface area contributed by atoms with Gasteiger partial charge in [-0.2, -0.15) is 0 Å². The van der Waals surface area contributed by atoms with E-state index in [0.717, 1.165) is 20.2 Å². The van der Waals surface area contributed by atoms with Crippen LogP contribution in [0.25, 0.3) is 0 Å². The quantitative estimate of drug-likeness (QED) is 0.515. The van der Waals surface area contributed by atoms with E-state index < -0.39 is 0 Å². The third-order valence-corrected chi connectivity index (χ3v) is 4.91. The van der Waals surface area contributed by atoms with Crippen molar-refractivity contribution in [1.29, 1.82) is 0 Å². The smallest absolute Gasteiger partial charge is 0.0657 e. The van der Waals surface area contributed by atoms with Crippen LogP contribution < -0.4 is 5.32 Å². The third-order valence-electron chi connectivity index (χ3n) is 2.52. The zero-order valence-corrected chi connectivity index (χ0v) is 14.9. The summed E-state index contributed by atoms with van der Waals surface area (Å²) < 4.78 is 1.95. The molecule has 0 saturated heterocycles. The fraction of sp³-hybridized carbons (Fsp3) is 0.0769. The average Bonchev–Trinajstić information content (AvgIpc) is 2.38. The highest BCUT2D eigenvalue weighted by atomic mass is 79.9. The Morgan fingerprint density at radius 1 is 0.947 bits per heavy atom. The zero-order chi connectivity index (χ0) is 14.0. The minimum Gasteiger partial charge on any atom is -0.380 e. The van der Waals surface area contributed by atoms with E-state index >= 15 is 0 Å². The highest BCUT2D eigenvalue weighted by Gasteiger charge is 2.10. The van der Waals surface area contributed by atoms with E-state index in [2.05, 4.69) is 37.2 Å². The third kappa shape index (κ3) is 3.79. The first-order chi connectivity index (χ1) is 8.99. The highest BCUT2D eigenvalue weighted by Crippen LogP contribution is 2.33. The topological polar surface area (TPSA) is 12.0 Å². The van der Waals surface area contributed by atoms with Gasteiger partial charge in [-0.25, -0.2) is 0 Å². The zero-order valence-electron chi connectivity index (χ0n) is 9.48. The molecule has 0 saturated carbocycles. The van der Waals surface area contributed by atoms with Crippen molar-refractivity contribution in [2.24, 2.45) is 0 Å². The molecule has 0 aliphatic heterocycles. The van der Waals surface area contributed by atoms with Gasteiger partial charge in [-0.15, -0.1) is 0 Å². The maximum absolute atomic E-state index is 6.16. The van der Waals surface area contributed by atoms with E-state index in [9.17, 15) is 0 Å². The van der Waals surface area contributed by atoms with Crippen LogP contribution in [-0.4, -0.2) is 0 Å². The Kier molecular flexibility index (Phi) is 5.44. The van der Waals surface area contributed by atoms with Crippen molar-refractivity contribution >= 4 is 72.4 Å². The Bertz CT molecular complexity index is 617. The summed E-state index contributed by atoms with van der Waals surface area (Å²) in [5.41, 5.74) is 1.73. The van der Waals surface area contributed by atoms with Gasteiger partial charge in [0.25, 0.3) is 0 Å². The molecule has 2 aromatic rings. The van der Waals surface area contributed by atoms with Crippen LogP contribution in [0, 0.1) is 0 Å². The molecule has 0 fully saturated rings. The summed E-state index contributed by atoms with van der Waals surface area (Å²) in [7, 11) is 0. The van der Waals surface area contributed by atoms with Gasteiger partial charge in [0.15, 0.2) is 0 Å². The molecule has 0 amide bonds. The van der Waals surface area contributed by atoms with Gasteiger partial charge >= 0.3 is 0 Å². The Morgan fingerprint density at radius 3 is 2.37 bits per heavy atom. The lowest BCUT2D eigenvalue weighted by Gasteiger charge is -2.12. The molecule has 0 bridgehead atoms. The summed E-state index contributed by atoms with van der Waals surface area (Å²) in [6.45, 7) is 0.493. The lowest BCUT2D eigenvalue weighted by molar-refractivity contribution is 1.15. The monoisotopic (exact) mass is 441 g/mol. The molecule has 6 heteroatoms. The molecule has 0 heterocycles. The van der Waals surface area contributed by atoms with Gasteiger partial charge in [-0.05, 0) is 46.3 Å². The molecule has 0 aromatic heterocycles. The second-order valence-corrected chi connectivity index (χ2v) is 6.76. The maximum Gasteiger partial charge on any atom is 0.0657 e. The molecule has 100 valence electrons. The van der Waals surface area contributed by atoms with Gasteiger partial charge in [0.1, 0.15) is 0 Å². The minimum absolute atomic E-state index is 0.479. The second kappa shape index (κ2) is 6.68. The van der Waals surface area contributed by atoms with E-state index in [0.29, 0.717) is 21.6 Å². The van der Waals surface area contributed by atoms with Crippen molar-refractivity contribution in [1.82, 2.24) is 0 Å². The first-order valence-electron chi connectivity index (χ1n) is 5.30. The maximum atomic E-state index is 6.16. The number of benzene rings is 2. The SMILES string of the molecule is Clc1ccc(Cl)c(CNc2cc(Br)ccc2Br)c1Cl. The summed E-state index contributed by atoms with van der Waals surface area (Å²) in [4.78, 5) is 0. The number of hydrogen-bond acceptors (Lipinski definition) is 1. The minimum atomic E-state index is 0.479. The number of rotatable bonds is 3. The van der Waals surface area contributed by atoms with Crippen LogP contribution in [0.4, 0.5) is 5.69 Å². The van der Waals surface area contributed by atoms with Gasteiger partial charge in [0, 0.05) is 31.8 Å². The molecule has 0 aliphatic carbocycles. The highest BCUT2D eigenvalue weighted by molar-refractivity contribution is 9.11. The van der Waals surface area contributed by atoms with E-state index in [-0.39, 0.29) is 0 Å². The van der Waals surface area contributed by atoms with E-state index in [4.69, 9.17) is 34.8 Å². The number of anilines is 1. The molecule has 2 rings (SSSR count). The van der Waals surface area contributed by atoms with Crippen LogP contribution in [0.15, 0.2) is 39.3 Å². The first-order valence-corrected chi connectivity index (χ1v) is 8.02. The largest absolute Gasteiger partial charge is 0.380 e. The van der Waals surface area contributed by atoms with Crippen LogP contribution in [-0.2, 0) is 6.54 Å². The van der Waals surface area contributed by atoms with Gasteiger partial charge < -0.3 is 5.32 Å². The number of halogens is 5. The predicted octanol–water partition coefficient (Wildman–Crippen LogP) is 6.78. The van der Waals surface area contributed by atoms with Crippen LogP contribution >= 0.6 is 66.7 Å². The van der Waals surface area contributed by atoms with Crippen LogP contribution in [0.1, 0.15) is 5.56 Å². The predicted molar refractivity (Wildman–Crippen MR) is 90.6 cm³/mol. The van der Waals surface area contributed by atoms with Gasteiger partial charge in [-0.1, -0.05) is 50.7 Å². The van der Waals surface area contributed by atoms with Crippen LogP contribution in [0.3, 0.4) is 0 Å². The van der Waals surface area contributed by atoms with Crippen molar-refractivity contribution in [3.8, 4) is 0 Å². The van der Waals surface area contributed by atoms with Crippen molar-refractivity contribution in [3.05, 3.63) is 59.9 Å². The molecule has 0 unspecified atom stereocenters. The summed E-state index contributed by atoms with van der Waals surface area (Å²) in [5.74, 6) is 0. The summed E-state index contributed by atoms with van der Waals surface area (Å²) in [6, 6.07) is 9.30. The second-order valence-electron chi connectivity index (χ2n) is 3.80. The molecule has 1 N–H and O–H groups in total. The van der Waals surface area contributed by atoms with Crippen molar-refractivity contribution in [2.45, 2.75) is 6.54 Å². The van der Waals surface area contributed by atoms with Crippen LogP contribution in [0.5, 0.6) is 0 Å². The molecule has 1 nitrogen and oxygen atoms in total. The molecule has 0 atom stereocenters. The number of hydrogen-bond donors (Lipinski definition) is 1. The van der Waals surface area contributed by atoms with Crippen molar-refractivity contribution in [2.75, 3.05) is 5.32 Å². The number of nitrogens with one attached hydrogen (secondary N) is 1. The molecular weight excluding hydrogens is 436 g/mol. The fourth-order valence-corrected chi connectivity index (χ4v) is 2.98. The molecule has 2 aromatic carbocycles. The Labute approximate surface area is 143 Å². The van der Waals surface area contributed by atoms with Crippen LogP contribution in [0.2, 0.25) is 15.1 Å². The molecule has 19 heavy (non-hydrogen) atoms. The van der Waals surface area contributed by atoms with Crippen molar-refractivity contribution in [3.63, 3.8) is 0 Å². The lowest BCUT2D eigenvalue weighted by Crippen LogP contribution is -2.02. The van der Waals surface area contributed by atoms with E-state index in [1.54, 1.807) is 12.1 Å². The van der Waals surface area contributed by atoms with Crippen molar-refractivity contribution < 1.29 is 0 Å². The van der Waals surface area contributed by atoms with E-state index in [1.165, 1.54) is 0 Å². The van der Waals surface area contributed by atoms with Gasteiger partial charge in [-0.3, -0.25) is 0 Å². The first kappa shape index (κ1) is 15.5. The van der Waals surface area contributed by atoms with Gasteiger partial charge in [0.2, 0.25) is 0 Å². The fourth-order valence-electron chi connectivity index (χ4n) is 1.55. The Morgan fingerprint density at radius 2 is 1.63 bits per heavy atom. The standard InChI is InChI=1S/C13H8Br2Cl3N/c14-7-1-2-9(15)12(5-7)19-6-8-10(16)3-4-11(17)13(8)18/h1-5,19H,6H2. The van der Waals surface area contributed by atoms with Gasteiger partial charge in [0.05, 0.1) is 10.0 Å². The lowest BCUT2D eigenvalue weighted by atomic mass is 10.2. The Balaban J connectivity index is 2.24. The summed E-state index contributed by atoms with van der Waals surface area (Å²) in [5, 5.41) is 4.84. The summed E-state index contributed by atoms with van der Waals surface area (Å²) in [6.07, 6.45) is 0. The molecule has 0 radical (unpaired) electrons. The molecule has 0 spiro atoms.